The average molecular weight is 254 g/mol. The Hall–Kier alpha value is -1.21. The largest absolute Gasteiger partial charge is 0.0901 e. The number of aryl methyl sites for hydroxylation is 1. The first-order chi connectivity index (χ1) is 8.83. The van der Waals surface area contributed by atoms with Gasteiger partial charge in [-0.05, 0) is 60.6 Å². The second-order valence-electron chi connectivity index (χ2n) is 5.07. The molecule has 0 fully saturated rings. The van der Waals surface area contributed by atoms with Crippen LogP contribution in [-0.2, 0) is 6.42 Å². The Labute approximate surface area is 113 Å². The van der Waals surface area contributed by atoms with Crippen molar-refractivity contribution in [1.29, 1.82) is 0 Å². The van der Waals surface area contributed by atoms with Gasteiger partial charge in [-0.1, -0.05) is 43.0 Å². The lowest BCUT2D eigenvalue weighted by Gasteiger charge is -2.22. The molecule has 0 nitrogen and oxygen atoms in total. The molecule has 0 N–H and O–H groups in total. The molecule has 0 unspecified atom stereocenters. The van der Waals surface area contributed by atoms with E-state index in [1.807, 2.05) is 11.8 Å². The fourth-order valence-electron chi connectivity index (χ4n) is 2.72. The molecule has 0 amide bonds. The van der Waals surface area contributed by atoms with E-state index >= 15 is 0 Å². The second kappa shape index (κ2) is 5.19. The predicted octanol–water partition coefficient (Wildman–Crippen LogP) is 5.28. The van der Waals surface area contributed by atoms with Crippen LogP contribution in [0.3, 0.4) is 0 Å². The summed E-state index contributed by atoms with van der Waals surface area (Å²) < 4.78 is 0. The molecule has 1 atom stereocenters. The maximum atomic E-state index is 2.39. The lowest BCUT2D eigenvalue weighted by atomic mass is 9.84. The first kappa shape index (κ1) is 11.9. The molecule has 92 valence electrons. The van der Waals surface area contributed by atoms with Gasteiger partial charge in [0.25, 0.3) is 0 Å². The molecule has 0 bridgehead atoms. The summed E-state index contributed by atoms with van der Waals surface area (Å²) in [6, 6.07) is 17.6. The van der Waals surface area contributed by atoms with Gasteiger partial charge in [0.05, 0.1) is 0 Å². The second-order valence-corrected chi connectivity index (χ2v) is 6.22. The highest BCUT2D eigenvalue weighted by Crippen LogP contribution is 2.35. The van der Waals surface area contributed by atoms with Crippen molar-refractivity contribution in [3.05, 3.63) is 59.7 Å². The molecule has 2 aromatic carbocycles. The van der Waals surface area contributed by atoms with Crippen LogP contribution in [0.4, 0.5) is 0 Å². The monoisotopic (exact) mass is 254 g/mol. The van der Waals surface area contributed by atoms with Gasteiger partial charge in [0, 0.05) is 9.79 Å². The van der Waals surface area contributed by atoms with Gasteiger partial charge >= 0.3 is 0 Å². The van der Waals surface area contributed by atoms with Crippen molar-refractivity contribution >= 4 is 11.8 Å². The third-order valence-electron chi connectivity index (χ3n) is 3.71. The lowest BCUT2D eigenvalue weighted by Crippen LogP contribution is -2.06. The van der Waals surface area contributed by atoms with Gasteiger partial charge in [0.1, 0.15) is 0 Å². The quantitative estimate of drug-likeness (QED) is 0.702. The van der Waals surface area contributed by atoms with Crippen LogP contribution in [0.25, 0.3) is 0 Å². The molecular weight excluding hydrogens is 236 g/mol. The van der Waals surface area contributed by atoms with Gasteiger partial charge in [-0.15, -0.1) is 0 Å². The molecule has 1 aliphatic carbocycles. The van der Waals surface area contributed by atoms with Crippen LogP contribution >= 0.6 is 11.8 Å². The first-order valence-corrected chi connectivity index (χ1v) is 7.50. The standard InChI is InChI=1S/C17H18S/c1-13-6-5-7-14-12-16(10-11-17(13)14)18-15-8-3-2-4-9-15/h2-4,8-13H,5-7H2,1H3/t13-/m0/s1. The molecule has 0 heterocycles. The smallest absolute Gasteiger partial charge is 0.0125 e. The highest BCUT2D eigenvalue weighted by Gasteiger charge is 2.16. The number of hydrogen-bond acceptors (Lipinski definition) is 1. The van der Waals surface area contributed by atoms with E-state index in [0.717, 1.165) is 5.92 Å². The summed E-state index contributed by atoms with van der Waals surface area (Å²) in [7, 11) is 0. The van der Waals surface area contributed by atoms with Crippen molar-refractivity contribution in [1.82, 2.24) is 0 Å². The molecule has 0 saturated heterocycles. The van der Waals surface area contributed by atoms with Gasteiger partial charge in [0.2, 0.25) is 0 Å². The van der Waals surface area contributed by atoms with Crippen LogP contribution in [0.2, 0.25) is 0 Å². The van der Waals surface area contributed by atoms with Crippen LogP contribution in [0.1, 0.15) is 36.8 Å². The van der Waals surface area contributed by atoms with Gasteiger partial charge in [-0.3, -0.25) is 0 Å². The molecule has 0 saturated carbocycles. The minimum atomic E-state index is 0.740. The van der Waals surface area contributed by atoms with Crippen LogP contribution < -0.4 is 0 Å². The van der Waals surface area contributed by atoms with Crippen LogP contribution in [0.15, 0.2) is 58.3 Å². The number of hydrogen-bond donors (Lipinski definition) is 0. The molecule has 2 aromatic rings. The van der Waals surface area contributed by atoms with Crippen molar-refractivity contribution in [3.8, 4) is 0 Å². The SMILES string of the molecule is C[C@H]1CCCc2cc(Sc3ccccc3)ccc21. The lowest BCUT2D eigenvalue weighted by molar-refractivity contribution is 0.589. The normalized spacial score (nSPS) is 18.4. The summed E-state index contributed by atoms with van der Waals surface area (Å²) in [5.41, 5.74) is 3.13. The summed E-state index contributed by atoms with van der Waals surface area (Å²) in [4.78, 5) is 2.69. The summed E-state index contributed by atoms with van der Waals surface area (Å²) in [5.74, 6) is 0.740. The van der Waals surface area contributed by atoms with Crippen molar-refractivity contribution in [2.45, 2.75) is 41.9 Å². The first-order valence-electron chi connectivity index (χ1n) is 6.68. The van der Waals surface area contributed by atoms with E-state index in [9.17, 15) is 0 Å². The molecule has 0 spiro atoms. The zero-order chi connectivity index (χ0) is 12.4. The van der Waals surface area contributed by atoms with E-state index in [0.29, 0.717) is 0 Å². The van der Waals surface area contributed by atoms with E-state index < -0.39 is 0 Å². The van der Waals surface area contributed by atoms with Crippen molar-refractivity contribution < 1.29 is 0 Å². The third-order valence-corrected chi connectivity index (χ3v) is 4.71. The van der Waals surface area contributed by atoms with Gasteiger partial charge in [0.15, 0.2) is 0 Å². The molecule has 1 aliphatic rings. The zero-order valence-electron chi connectivity index (χ0n) is 10.7. The van der Waals surface area contributed by atoms with E-state index in [1.54, 1.807) is 11.1 Å². The molecule has 0 radical (unpaired) electrons. The van der Waals surface area contributed by atoms with Crippen LogP contribution in [0, 0.1) is 0 Å². The molecule has 3 rings (SSSR count). The Balaban J connectivity index is 1.86. The molecule has 0 aromatic heterocycles. The maximum absolute atomic E-state index is 2.39. The number of fused-ring (bicyclic) bond motifs is 1. The van der Waals surface area contributed by atoms with E-state index in [-0.39, 0.29) is 0 Å². The Morgan fingerprint density at radius 3 is 2.67 bits per heavy atom. The van der Waals surface area contributed by atoms with Crippen LogP contribution in [0.5, 0.6) is 0 Å². The molecule has 18 heavy (non-hydrogen) atoms. The summed E-state index contributed by atoms with van der Waals surface area (Å²) in [6.07, 6.45) is 3.94. The van der Waals surface area contributed by atoms with Crippen molar-refractivity contribution in [2.24, 2.45) is 0 Å². The fourth-order valence-corrected chi connectivity index (χ4v) is 3.62. The summed E-state index contributed by atoms with van der Waals surface area (Å²) >= 11 is 1.86. The van der Waals surface area contributed by atoms with Crippen molar-refractivity contribution in [3.63, 3.8) is 0 Å². The Morgan fingerprint density at radius 2 is 1.83 bits per heavy atom. The average Bonchev–Trinajstić information content (AvgIpc) is 2.40. The molecule has 1 heteroatoms. The van der Waals surface area contributed by atoms with Gasteiger partial charge < -0.3 is 0 Å². The van der Waals surface area contributed by atoms with Gasteiger partial charge in [-0.25, -0.2) is 0 Å². The topological polar surface area (TPSA) is 0 Å². The maximum Gasteiger partial charge on any atom is 0.0125 e. The van der Waals surface area contributed by atoms with E-state index in [1.165, 1.54) is 29.1 Å². The predicted molar refractivity (Wildman–Crippen MR) is 78.4 cm³/mol. The van der Waals surface area contributed by atoms with E-state index in [2.05, 4.69) is 55.5 Å². The third kappa shape index (κ3) is 2.46. The Kier molecular flexibility index (Phi) is 3.42. The van der Waals surface area contributed by atoms with Crippen LogP contribution in [-0.4, -0.2) is 0 Å². The summed E-state index contributed by atoms with van der Waals surface area (Å²) in [6.45, 7) is 2.35. The fraction of sp³-hybridized carbons (Fsp3) is 0.294. The summed E-state index contributed by atoms with van der Waals surface area (Å²) in [5, 5.41) is 0. The van der Waals surface area contributed by atoms with E-state index in [4.69, 9.17) is 0 Å². The zero-order valence-corrected chi connectivity index (χ0v) is 11.5. The van der Waals surface area contributed by atoms with Crippen molar-refractivity contribution in [2.75, 3.05) is 0 Å². The molecule has 0 aliphatic heterocycles. The Bertz CT molecular complexity index is 531. The molecular formula is C17H18S. The Morgan fingerprint density at radius 1 is 1.00 bits per heavy atom. The minimum absolute atomic E-state index is 0.740. The number of benzene rings is 2. The highest BCUT2D eigenvalue weighted by atomic mass is 32.2. The minimum Gasteiger partial charge on any atom is -0.0901 e. The highest BCUT2D eigenvalue weighted by molar-refractivity contribution is 7.99. The van der Waals surface area contributed by atoms with Gasteiger partial charge in [-0.2, -0.15) is 0 Å². The number of rotatable bonds is 2.